The molecule has 5 heteroatoms. The van der Waals surface area contributed by atoms with Gasteiger partial charge in [0.15, 0.2) is 28.5 Å². The highest BCUT2D eigenvalue weighted by atomic mass is 16.3. The Hall–Kier alpha value is -2.40. The van der Waals surface area contributed by atoms with E-state index in [1.165, 1.54) is 0 Å². The maximum atomic E-state index is 15.3. The predicted molar refractivity (Wildman–Crippen MR) is 145 cm³/mol. The number of ketones is 4. The van der Waals surface area contributed by atoms with Crippen LogP contribution in [0, 0.1) is 44.8 Å². The molecule has 0 aromatic heterocycles. The summed E-state index contributed by atoms with van der Waals surface area (Å²) >= 11 is 0. The third-order valence-electron chi connectivity index (χ3n) is 11.5. The molecule has 0 amide bonds. The lowest BCUT2D eigenvalue weighted by Crippen LogP contribution is -2.75. The molecule has 1 spiro atoms. The molecule has 5 nitrogen and oxygen atoms in total. The molecule has 5 fully saturated rings. The molecule has 5 saturated carbocycles. The molecular formula is C33H42O5. The van der Waals surface area contributed by atoms with Gasteiger partial charge in [-0.3, -0.25) is 19.2 Å². The zero-order valence-electron chi connectivity index (χ0n) is 24.1. The van der Waals surface area contributed by atoms with Gasteiger partial charge < -0.3 is 5.11 Å². The molecule has 1 N–H and O–H groups in total. The molecule has 1 aromatic carbocycles. The number of rotatable bonds is 5. The summed E-state index contributed by atoms with van der Waals surface area (Å²) in [5, 5.41) is 11.3. The van der Waals surface area contributed by atoms with Crippen LogP contribution in [-0.4, -0.2) is 33.8 Å². The highest BCUT2D eigenvalue weighted by Crippen LogP contribution is 2.77. The molecule has 0 aliphatic heterocycles. The highest BCUT2D eigenvalue weighted by molar-refractivity contribution is 6.42. The summed E-state index contributed by atoms with van der Waals surface area (Å²) in [7, 11) is 0. The van der Waals surface area contributed by atoms with E-state index in [1.54, 1.807) is 44.2 Å². The van der Waals surface area contributed by atoms with Crippen LogP contribution < -0.4 is 0 Å². The lowest BCUT2D eigenvalue weighted by Gasteiger charge is -2.60. The number of hydrogen-bond acceptors (Lipinski definition) is 5. The molecule has 5 aliphatic rings. The Morgan fingerprint density at radius 3 is 2.13 bits per heavy atom. The fraction of sp³-hybridized carbons (Fsp3) is 0.636. The van der Waals surface area contributed by atoms with E-state index in [-0.39, 0.29) is 36.4 Å². The first kappa shape index (κ1) is 27.2. The van der Waals surface area contributed by atoms with E-state index in [2.05, 4.69) is 13.8 Å². The zero-order chi connectivity index (χ0) is 28.3. The molecule has 204 valence electrons. The fourth-order valence-corrected chi connectivity index (χ4v) is 9.57. The van der Waals surface area contributed by atoms with Crippen molar-refractivity contribution in [2.24, 2.45) is 44.8 Å². The Bertz CT molecular complexity index is 1270. The summed E-state index contributed by atoms with van der Waals surface area (Å²) < 4.78 is 0. The number of benzene rings is 1. The topological polar surface area (TPSA) is 88.5 Å². The van der Waals surface area contributed by atoms with Crippen LogP contribution in [0.25, 0.3) is 0 Å². The molecular weight excluding hydrogens is 476 g/mol. The van der Waals surface area contributed by atoms with E-state index in [9.17, 15) is 19.5 Å². The minimum atomic E-state index is -1.94. The van der Waals surface area contributed by atoms with E-state index in [1.807, 2.05) is 33.8 Å². The summed E-state index contributed by atoms with van der Waals surface area (Å²) in [4.78, 5) is 59.8. The lowest BCUT2D eigenvalue weighted by molar-refractivity contribution is -0.181. The number of allylic oxidation sites excluding steroid dienone is 2. The summed E-state index contributed by atoms with van der Waals surface area (Å²) in [5.74, 6) is -2.64. The van der Waals surface area contributed by atoms with Crippen LogP contribution in [0.15, 0.2) is 42.0 Å². The monoisotopic (exact) mass is 518 g/mol. The van der Waals surface area contributed by atoms with Crippen molar-refractivity contribution in [3.05, 3.63) is 47.5 Å². The van der Waals surface area contributed by atoms with E-state index >= 15 is 4.79 Å². The molecule has 1 aromatic rings. The molecule has 0 unspecified atom stereocenters. The van der Waals surface area contributed by atoms with Gasteiger partial charge in [-0.15, -0.1) is 0 Å². The maximum absolute atomic E-state index is 15.3. The van der Waals surface area contributed by atoms with Crippen molar-refractivity contribution >= 4 is 23.1 Å². The number of carbonyl (C=O) groups is 4. The third-order valence-corrected chi connectivity index (χ3v) is 11.5. The third kappa shape index (κ3) is 2.92. The SMILES string of the molecule is CC(C)=CC[C@]12C[C@@H]3C[C@@H]4C(C)(C)[C@@H](C(C)(C)O)C[C@@]4(C1=O)C(=O)[C@](C(=O)c1ccccc1)(C2=O)C3(C)C. The second kappa shape index (κ2) is 7.84. The Labute approximate surface area is 226 Å². The minimum absolute atomic E-state index is 0.169. The van der Waals surface area contributed by atoms with Crippen LogP contribution in [0.4, 0.5) is 0 Å². The van der Waals surface area contributed by atoms with Gasteiger partial charge in [-0.25, -0.2) is 0 Å². The van der Waals surface area contributed by atoms with Crippen LogP contribution in [0.3, 0.4) is 0 Å². The van der Waals surface area contributed by atoms with Crippen molar-refractivity contribution in [1.29, 1.82) is 0 Å². The Morgan fingerprint density at radius 2 is 1.58 bits per heavy atom. The van der Waals surface area contributed by atoms with Crippen molar-refractivity contribution in [3.8, 4) is 0 Å². The molecule has 0 saturated heterocycles. The van der Waals surface area contributed by atoms with Crippen LogP contribution in [0.2, 0.25) is 0 Å². The van der Waals surface area contributed by atoms with Crippen LogP contribution in [-0.2, 0) is 14.4 Å². The smallest absolute Gasteiger partial charge is 0.184 e. The van der Waals surface area contributed by atoms with Gasteiger partial charge in [-0.05, 0) is 82.0 Å². The second-order valence-electron chi connectivity index (χ2n) is 14.6. The van der Waals surface area contributed by atoms with E-state index < -0.39 is 50.0 Å². The van der Waals surface area contributed by atoms with E-state index in [0.29, 0.717) is 18.4 Å². The van der Waals surface area contributed by atoms with Crippen molar-refractivity contribution in [2.45, 2.75) is 86.7 Å². The first-order valence-electron chi connectivity index (χ1n) is 14.0. The van der Waals surface area contributed by atoms with Gasteiger partial charge in [-0.1, -0.05) is 69.7 Å². The van der Waals surface area contributed by atoms with Gasteiger partial charge in [0, 0.05) is 5.56 Å². The second-order valence-corrected chi connectivity index (χ2v) is 14.6. The van der Waals surface area contributed by atoms with Gasteiger partial charge in [-0.2, -0.15) is 0 Å². The highest BCUT2D eigenvalue weighted by Gasteiger charge is 2.86. The Morgan fingerprint density at radius 1 is 0.974 bits per heavy atom. The summed E-state index contributed by atoms with van der Waals surface area (Å²) in [6.07, 6.45) is 3.25. The molecule has 6 rings (SSSR count). The van der Waals surface area contributed by atoms with Crippen molar-refractivity contribution in [3.63, 3.8) is 0 Å². The van der Waals surface area contributed by atoms with Crippen molar-refractivity contribution in [1.82, 2.24) is 0 Å². The van der Waals surface area contributed by atoms with Crippen LogP contribution in [0.5, 0.6) is 0 Å². The summed E-state index contributed by atoms with van der Waals surface area (Å²) in [6.45, 7) is 15.3. The largest absolute Gasteiger partial charge is 0.390 e. The molecule has 4 bridgehead atoms. The average molecular weight is 519 g/mol. The molecule has 38 heavy (non-hydrogen) atoms. The van der Waals surface area contributed by atoms with Gasteiger partial charge in [0.1, 0.15) is 0 Å². The molecule has 5 aliphatic carbocycles. The Kier molecular flexibility index (Phi) is 5.60. The number of Topliss-reactive ketones (excluding diaryl/α,β-unsaturated/α-hetero) is 4. The predicted octanol–water partition coefficient (Wildman–Crippen LogP) is 5.79. The first-order valence-corrected chi connectivity index (χ1v) is 14.0. The molecule has 6 atom stereocenters. The average Bonchev–Trinajstić information content (AvgIpc) is 2.98. The zero-order valence-corrected chi connectivity index (χ0v) is 24.1. The summed E-state index contributed by atoms with van der Waals surface area (Å²) in [6, 6.07) is 8.65. The molecule has 0 heterocycles. The maximum Gasteiger partial charge on any atom is 0.184 e. The minimum Gasteiger partial charge on any atom is -0.390 e. The fourth-order valence-electron chi connectivity index (χ4n) is 9.57. The van der Waals surface area contributed by atoms with Gasteiger partial charge in [0.25, 0.3) is 0 Å². The quantitative estimate of drug-likeness (QED) is 0.303. The van der Waals surface area contributed by atoms with Crippen LogP contribution >= 0.6 is 0 Å². The number of aliphatic hydroxyl groups is 1. The number of hydrogen-bond donors (Lipinski definition) is 1. The van der Waals surface area contributed by atoms with E-state index in [0.717, 1.165) is 5.57 Å². The number of carbonyl (C=O) groups excluding carboxylic acids is 4. The standard InChI is InChI=1S/C33H42O5/c1-19(2)14-15-31-17-21-16-22-28(3,4)23(30(7,8)38)18-32(22,25(31)35)27(37)33(26(31)36,29(21,5)6)24(34)20-12-10-9-11-13-20/h9-14,21-23,38H,15-18H2,1-8H3/t21-,22+,23-,31-,32+,33-/m0/s1. The van der Waals surface area contributed by atoms with Crippen molar-refractivity contribution in [2.75, 3.05) is 0 Å². The Balaban J connectivity index is 1.89. The lowest BCUT2D eigenvalue weighted by atomic mass is 9.37. The van der Waals surface area contributed by atoms with Gasteiger partial charge in [0.05, 0.1) is 16.4 Å². The molecule has 0 radical (unpaired) electrons. The van der Waals surface area contributed by atoms with E-state index in [4.69, 9.17) is 0 Å². The van der Waals surface area contributed by atoms with Crippen molar-refractivity contribution < 1.29 is 24.3 Å². The van der Waals surface area contributed by atoms with Crippen LogP contribution in [0.1, 0.15) is 91.4 Å². The van der Waals surface area contributed by atoms with Gasteiger partial charge >= 0.3 is 0 Å². The first-order chi connectivity index (χ1) is 17.4. The normalized spacial score (nSPS) is 38.7. The van der Waals surface area contributed by atoms with Gasteiger partial charge in [0.2, 0.25) is 0 Å². The summed E-state index contributed by atoms with van der Waals surface area (Å²) in [5.41, 5.74) is -6.16.